The average Bonchev–Trinajstić information content (AvgIpc) is 2.94. The van der Waals surface area contributed by atoms with Crippen LogP contribution in [0.5, 0.6) is 0 Å². The van der Waals surface area contributed by atoms with Gasteiger partial charge in [0.05, 0.1) is 6.20 Å². The second-order valence-electron chi connectivity index (χ2n) is 6.29. The first-order valence-electron chi connectivity index (χ1n) is 8.29. The number of carbonyl (C=O) groups is 1. The molecule has 0 atom stereocenters. The molecule has 0 aliphatic carbocycles. The van der Waals surface area contributed by atoms with Crippen molar-refractivity contribution in [1.82, 2.24) is 14.3 Å². The summed E-state index contributed by atoms with van der Waals surface area (Å²) < 4.78 is 2.95. The predicted molar refractivity (Wildman–Crippen MR) is 99.4 cm³/mol. The molecule has 130 valence electrons. The Bertz CT molecular complexity index is 1200. The van der Waals surface area contributed by atoms with Crippen LogP contribution >= 0.6 is 0 Å². The number of para-hydroxylation sites is 1. The Morgan fingerprint density at radius 1 is 1.08 bits per heavy atom. The standard InChI is InChI=1S/C20H17N3O3/c1-13-6-2-3-7-14(13)11-22-17-9-5-4-8-15(17)16-10-21-23(12-18(24)25)20(26)19(16)22/h2-10H,11-12H2,1H3,(H,24,25). The van der Waals surface area contributed by atoms with E-state index in [1.165, 1.54) is 0 Å². The van der Waals surface area contributed by atoms with E-state index in [0.29, 0.717) is 12.1 Å². The monoisotopic (exact) mass is 347 g/mol. The highest BCUT2D eigenvalue weighted by atomic mass is 16.4. The van der Waals surface area contributed by atoms with Crippen molar-refractivity contribution in [2.45, 2.75) is 20.0 Å². The molecule has 0 amide bonds. The van der Waals surface area contributed by atoms with Gasteiger partial charge in [-0.1, -0.05) is 42.5 Å². The molecule has 0 saturated carbocycles. The Kier molecular flexibility index (Phi) is 3.80. The summed E-state index contributed by atoms with van der Waals surface area (Å²) in [4.78, 5) is 24.0. The van der Waals surface area contributed by atoms with Gasteiger partial charge < -0.3 is 9.67 Å². The summed E-state index contributed by atoms with van der Waals surface area (Å²) in [6.07, 6.45) is 1.58. The summed E-state index contributed by atoms with van der Waals surface area (Å²) in [5, 5.41) is 14.8. The zero-order valence-electron chi connectivity index (χ0n) is 14.2. The van der Waals surface area contributed by atoms with Crippen molar-refractivity contribution in [3.8, 4) is 0 Å². The van der Waals surface area contributed by atoms with Crippen molar-refractivity contribution in [3.63, 3.8) is 0 Å². The molecule has 0 radical (unpaired) electrons. The van der Waals surface area contributed by atoms with E-state index in [0.717, 1.165) is 32.1 Å². The van der Waals surface area contributed by atoms with Crippen LogP contribution in [-0.4, -0.2) is 25.4 Å². The maximum Gasteiger partial charge on any atom is 0.325 e. The van der Waals surface area contributed by atoms with E-state index >= 15 is 0 Å². The highest BCUT2D eigenvalue weighted by Crippen LogP contribution is 2.27. The van der Waals surface area contributed by atoms with Gasteiger partial charge in [-0.05, 0) is 24.1 Å². The molecule has 26 heavy (non-hydrogen) atoms. The van der Waals surface area contributed by atoms with E-state index in [1.807, 2.05) is 60.0 Å². The first-order valence-corrected chi connectivity index (χ1v) is 8.29. The Balaban J connectivity index is 2.03. The molecule has 0 aliphatic rings. The first kappa shape index (κ1) is 16.1. The second kappa shape index (κ2) is 6.15. The Morgan fingerprint density at radius 3 is 2.58 bits per heavy atom. The topological polar surface area (TPSA) is 77.1 Å². The molecule has 0 fully saturated rings. The van der Waals surface area contributed by atoms with E-state index in [4.69, 9.17) is 5.11 Å². The van der Waals surface area contributed by atoms with Crippen molar-refractivity contribution in [2.75, 3.05) is 0 Å². The Morgan fingerprint density at radius 2 is 1.81 bits per heavy atom. The van der Waals surface area contributed by atoms with Gasteiger partial charge in [0.25, 0.3) is 5.56 Å². The Labute approximate surface area is 148 Å². The highest BCUT2D eigenvalue weighted by Gasteiger charge is 2.17. The molecule has 4 aromatic rings. The minimum Gasteiger partial charge on any atom is -0.480 e. The molecular formula is C20H17N3O3. The molecule has 6 heteroatoms. The highest BCUT2D eigenvalue weighted by molar-refractivity contribution is 6.07. The second-order valence-corrected chi connectivity index (χ2v) is 6.29. The van der Waals surface area contributed by atoms with Crippen LogP contribution in [0.3, 0.4) is 0 Å². The maximum atomic E-state index is 12.9. The first-order chi connectivity index (χ1) is 12.6. The number of benzene rings is 2. The molecule has 4 rings (SSSR count). The number of aromatic nitrogens is 3. The zero-order chi connectivity index (χ0) is 18.3. The number of nitrogens with zero attached hydrogens (tertiary/aromatic N) is 3. The largest absolute Gasteiger partial charge is 0.480 e. The van der Waals surface area contributed by atoms with Crippen LogP contribution in [0.4, 0.5) is 0 Å². The molecule has 0 bridgehead atoms. The lowest BCUT2D eigenvalue weighted by Crippen LogP contribution is -2.27. The number of aryl methyl sites for hydroxylation is 1. The number of carboxylic acids is 1. The SMILES string of the molecule is Cc1ccccc1Cn1c2ccccc2c2cnn(CC(=O)O)c(=O)c21. The van der Waals surface area contributed by atoms with Gasteiger partial charge in [-0.15, -0.1) is 0 Å². The fourth-order valence-electron chi connectivity index (χ4n) is 3.36. The van der Waals surface area contributed by atoms with Crippen LogP contribution in [-0.2, 0) is 17.9 Å². The van der Waals surface area contributed by atoms with Crippen molar-refractivity contribution in [1.29, 1.82) is 0 Å². The predicted octanol–water partition coefficient (Wildman–Crippen LogP) is 2.79. The van der Waals surface area contributed by atoms with Gasteiger partial charge in [0, 0.05) is 22.8 Å². The van der Waals surface area contributed by atoms with Crippen LogP contribution in [0.2, 0.25) is 0 Å². The molecule has 2 aromatic carbocycles. The molecule has 2 heterocycles. The summed E-state index contributed by atoms with van der Waals surface area (Å²) in [6, 6.07) is 15.8. The van der Waals surface area contributed by atoms with Crippen LogP contribution in [0.1, 0.15) is 11.1 Å². The number of hydrogen-bond acceptors (Lipinski definition) is 3. The van der Waals surface area contributed by atoms with Gasteiger partial charge in [0.2, 0.25) is 0 Å². The van der Waals surface area contributed by atoms with E-state index < -0.39 is 18.1 Å². The summed E-state index contributed by atoms with van der Waals surface area (Å²) >= 11 is 0. The minimum atomic E-state index is -1.10. The lowest BCUT2D eigenvalue weighted by Gasteiger charge is -2.10. The van der Waals surface area contributed by atoms with Crippen molar-refractivity contribution in [2.24, 2.45) is 0 Å². The van der Waals surface area contributed by atoms with E-state index in [-0.39, 0.29) is 0 Å². The Hall–Kier alpha value is -3.41. The number of fused-ring (bicyclic) bond motifs is 3. The van der Waals surface area contributed by atoms with E-state index in [1.54, 1.807) is 6.20 Å². The van der Waals surface area contributed by atoms with Crippen LogP contribution in [0, 0.1) is 6.92 Å². The van der Waals surface area contributed by atoms with Crippen LogP contribution in [0.25, 0.3) is 21.8 Å². The van der Waals surface area contributed by atoms with Gasteiger partial charge in [-0.25, -0.2) is 4.68 Å². The van der Waals surface area contributed by atoms with E-state index in [2.05, 4.69) is 5.10 Å². The number of carboxylic acid groups (broad SMARTS) is 1. The summed E-state index contributed by atoms with van der Waals surface area (Å²) in [6.45, 7) is 2.11. The third-order valence-electron chi connectivity index (χ3n) is 4.65. The quantitative estimate of drug-likeness (QED) is 0.616. The van der Waals surface area contributed by atoms with Gasteiger partial charge in [-0.2, -0.15) is 5.10 Å². The molecule has 0 aliphatic heterocycles. The number of hydrogen-bond donors (Lipinski definition) is 1. The summed E-state index contributed by atoms with van der Waals surface area (Å²) in [5.41, 5.74) is 3.26. The number of aliphatic carboxylic acids is 1. The van der Waals surface area contributed by atoms with Crippen LogP contribution in [0.15, 0.2) is 59.5 Å². The molecule has 1 N–H and O–H groups in total. The van der Waals surface area contributed by atoms with Gasteiger partial charge >= 0.3 is 5.97 Å². The number of rotatable bonds is 4. The lowest BCUT2D eigenvalue weighted by molar-refractivity contribution is -0.137. The fraction of sp³-hybridized carbons (Fsp3) is 0.150. The van der Waals surface area contributed by atoms with E-state index in [9.17, 15) is 9.59 Å². The average molecular weight is 347 g/mol. The van der Waals surface area contributed by atoms with Gasteiger partial charge in [0.15, 0.2) is 0 Å². The van der Waals surface area contributed by atoms with Gasteiger partial charge in [-0.3, -0.25) is 9.59 Å². The zero-order valence-corrected chi connectivity index (χ0v) is 14.2. The molecule has 0 unspecified atom stereocenters. The molecule has 2 aromatic heterocycles. The fourth-order valence-corrected chi connectivity index (χ4v) is 3.36. The van der Waals surface area contributed by atoms with Gasteiger partial charge in [0.1, 0.15) is 12.1 Å². The third kappa shape index (κ3) is 2.56. The molecule has 0 spiro atoms. The third-order valence-corrected chi connectivity index (χ3v) is 4.65. The van der Waals surface area contributed by atoms with Crippen molar-refractivity contribution >= 4 is 27.8 Å². The molecule has 0 saturated heterocycles. The molecule has 6 nitrogen and oxygen atoms in total. The lowest BCUT2D eigenvalue weighted by atomic mass is 10.1. The minimum absolute atomic E-state index is 0.394. The smallest absolute Gasteiger partial charge is 0.325 e. The van der Waals surface area contributed by atoms with Crippen molar-refractivity contribution in [3.05, 3.63) is 76.2 Å². The maximum absolute atomic E-state index is 12.9. The molecular weight excluding hydrogens is 330 g/mol. The summed E-state index contributed by atoms with van der Waals surface area (Å²) in [7, 11) is 0. The normalized spacial score (nSPS) is 11.3. The van der Waals surface area contributed by atoms with Crippen molar-refractivity contribution < 1.29 is 9.90 Å². The summed E-state index contributed by atoms with van der Waals surface area (Å²) in [5.74, 6) is -1.10. The van der Waals surface area contributed by atoms with Crippen LogP contribution < -0.4 is 5.56 Å².